The van der Waals surface area contributed by atoms with Crippen molar-refractivity contribution < 1.29 is 13.5 Å². The summed E-state index contributed by atoms with van der Waals surface area (Å²) in [7, 11) is -2.15. The highest BCUT2D eigenvalue weighted by atomic mass is 32.2. The molecule has 0 aliphatic carbocycles. The van der Waals surface area contributed by atoms with Crippen LogP contribution >= 0.6 is 11.3 Å². The van der Waals surface area contributed by atoms with Crippen molar-refractivity contribution in [2.24, 2.45) is 0 Å². The van der Waals surface area contributed by atoms with Gasteiger partial charge < -0.3 is 5.11 Å². The van der Waals surface area contributed by atoms with Gasteiger partial charge in [0.2, 0.25) is 10.0 Å². The first-order valence-electron chi connectivity index (χ1n) is 5.43. The van der Waals surface area contributed by atoms with E-state index in [1.807, 2.05) is 0 Å². The first-order chi connectivity index (χ1) is 8.91. The molecule has 19 heavy (non-hydrogen) atoms. The van der Waals surface area contributed by atoms with Crippen molar-refractivity contribution in [2.75, 3.05) is 13.7 Å². The van der Waals surface area contributed by atoms with E-state index >= 15 is 0 Å². The van der Waals surface area contributed by atoms with Crippen molar-refractivity contribution in [3.05, 3.63) is 21.9 Å². The molecule has 1 aromatic heterocycles. The Labute approximate surface area is 117 Å². The number of nitriles is 1. The molecule has 1 atom stereocenters. The third-order valence-electron chi connectivity index (χ3n) is 2.41. The van der Waals surface area contributed by atoms with E-state index in [1.165, 1.54) is 25.3 Å². The summed E-state index contributed by atoms with van der Waals surface area (Å²) in [5.74, 6) is 5.28. The molecule has 0 aromatic carbocycles. The van der Waals surface area contributed by atoms with Gasteiger partial charge in [-0.3, -0.25) is 0 Å². The molecular formula is C12H14N2O3S2. The molecule has 0 aliphatic heterocycles. The van der Waals surface area contributed by atoms with Gasteiger partial charge in [-0.1, -0.05) is 11.8 Å². The van der Waals surface area contributed by atoms with Gasteiger partial charge in [0.15, 0.2) is 5.25 Å². The number of hydrogen-bond acceptors (Lipinski definition) is 5. The van der Waals surface area contributed by atoms with Gasteiger partial charge in [-0.2, -0.15) is 9.57 Å². The first kappa shape index (κ1) is 15.7. The normalized spacial score (nSPS) is 12.6. The molecule has 1 N–H and O–H groups in total. The van der Waals surface area contributed by atoms with Crippen molar-refractivity contribution in [3.63, 3.8) is 0 Å². The number of sulfonamides is 1. The highest BCUT2D eigenvalue weighted by Crippen LogP contribution is 2.18. The Balaban J connectivity index is 2.81. The third-order valence-corrected chi connectivity index (χ3v) is 5.33. The number of aliphatic hydroxyl groups excluding tert-OH is 1. The van der Waals surface area contributed by atoms with Crippen LogP contribution in [-0.4, -0.2) is 36.7 Å². The number of hydrogen-bond donors (Lipinski definition) is 1. The molecular weight excluding hydrogens is 284 g/mol. The molecule has 1 rings (SSSR count). The Bertz CT molecular complexity index is 632. The smallest absolute Gasteiger partial charge is 0.230 e. The molecule has 0 spiro atoms. The highest BCUT2D eigenvalue weighted by molar-refractivity contribution is 7.89. The van der Waals surface area contributed by atoms with Crippen molar-refractivity contribution in [1.82, 2.24) is 4.31 Å². The monoisotopic (exact) mass is 298 g/mol. The second-order valence-corrected chi connectivity index (χ2v) is 7.19. The predicted octanol–water partition coefficient (Wildman–Crippen LogP) is 0.766. The number of aliphatic hydroxyl groups is 1. The van der Waals surface area contributed by atoms with Crippen molar-refractivity contribution in [3.8, 4) is 17.9 Å². The fourth-order valence-corrected chi connectivity index (χ4v) is 3.26. The van der Waals surface area contributed by atoms with Gasteiger partial charge in [0.05, 0.1) is 6.07 Å². The van der Waals surface area contributed by atoms with E-state index in [2.05, 4.69) is 11.8 Å². The molecule has 7 heteroatoms. The maximum Gasteiger partial charge on any atom is 0.230 e. The summed E-state index contributed by atoms with van der Waals surface area (Å²) < 4.78 is 24.9. The summed E-state index contributed by atoms with van der Waals surface area (Å²) in [5, 5.41) is 18.0. The number of rotatable bonds is 4. The van der Waals surface area contributed by atoms with Crippen LogP contribution < -0.4 is 0 Å². The largest absolute Gasteiger partial charge is 0.384 e. The summed E-state index contributed by atoms with van der Waals surface area (Å²) in [6, 6.07) is 3.50. The van der Waals surface area contributed by atoms with Gasteiger partial charge in [-0.15, -0.1) is 11.3 Å². The summed E-state index contributed by atoms with van der Waals surface area (Å²) in [6.45, 7) is 1.36. The standard InChI is InChI=1S/C12H14N2O3S2/c1-10(7-13)19(16,17)14(2)8-12-6-11(9-18-12)4-3-5-15/h6,9-10,15H,5,8H2,1-2H3. The maximum absolute atomic E-state index is 11.9. The zero-order valence-corrected chi connectivity index (χ0v) is 12.3. The highest BCUT2D eigenvalue weighted by Gasteiger charge is 2.25. The lowest BCUT2D eigenvalue weighted by Gasteiger charge is -2.17. The van der Waals surface area contributed by atoms with Crippen LogP contribution in [0.15, 0.2) is 11.4 Å². The van der Waals surface area contributed by atoms with Gasteiger partial charge in [-0.25, -0.2) is 8.42 Å². The van der Waals surface area contributed by atoms with E-state index in [0.29, 0.717) is 0 Å². The van der Waals surface area contributed by atoms with Crippen LogP contribution in [0.1, 0.15) is 17.4 Å². The third kappa shape index (κ3) is 4.05. The molecule has 0 aliphatic rings. The van der Waals surface area contributed by atoms with Crippen LogP contribution in [0.4, 0.5) is 0 Å². The molecule has 1 heterocycles. The fraction of sp³-hybridized carbons (Fsp3) is 0.417. The minimum atomic E-state index is -3.59. The Hall–Kier alpha value is -1.38. The lowest BCUT2D eigenvalue weighted by molar-refractivity contribution is 0.350. The van der Waals surface area contributed by atoms with Crippen molar-refractivity contribution in [2.45, 2.75) is 18.7 Å². The van der Waals surface area contributed by atoms with E-state index in [0.717, 1.165) is 14.7 Å². The quantitative estimate of drug-likeness (QED) is 0.832. The average molecular weight is 298 g/mol. The minimum Gasteiger partial charge on any atom is -0.384 e. The average Bonchev–Trinajstić information content (AvgIpc) is 2.82. The number of nitrogens with zero attached hydrogens (tertiary/aromatic N) is 2. The predicted molar refractivity (Wildman–Crippen MR) is 73.7 cm³/mol. The van der Waals surface area contributed by atoms with E-state index in [1.54, 1.807) is 17.5 Å². The molecule has 0 radical (unpaired) electrons. The lowest BCUT2D eigenvalue weighted by Crippen LogP contribution is -2.33. The molecule has 5 nitrogen and oxygen atoms in total. The zero-order valence-electron chi connectivity index (χ0n) is 10.6. The molecule has 102 valence electrons. The molecule has 1 aromatic rings. The van der Waals surface area contributed by atoms with E-state index in [-0.39, 0.29) is 13.2 Å². The van der Waals surface area contributed by atoms with Crippen molar-refractivity contribution >= 4 is 21.4 Å². The summed E-state index contributed by atoms with van der Waals surface area (Å²) in [4.78, 5) is 0.832. The number of thiophene rings is 1. The Morgan fingerprint density at radius 2 is 2.26 bits per heavy atom. The Morgan fingerprint density at radius 1 is 1.58 bits per heavy atom. The van der Waals surface area contributed by atoms with Crippen LogP contribution in [-0.2, 0) is 16.6 Å². The Kier molecular flexibility index (Phi) is 5.52. The fourth-order valence-electron chi connectivity index (χ4n) is 1.32. The molecule has 1 unspecified atom stereocenters. The van der Waals surface area contributed by atoms with Gasteiger partial charge in [0.1, 0.15) is 6.61 Å². The van der Waals surface area contributed by atoms with Gasteiger partial charge in [-0.05, 0) is 13.0 Å². The second-order valence-electron chi connectivity index (χ2n) is 3.83. The van der Waals surface area contributed by atoms with Gasteiger partial charge in [0, 0.05) is 29.4 Å². The van der Waals surface area contributed by atoms with Crippen molar-refractivity contribution in [1.29, 1.82) is 5.26 Å². The van der Waals surface area contributed by atoms with Crippen LogP contribution in [0.25, 0.3) is 0 Å². The van der Waals surface area contributed by atoms with Crippen LogP contribution in [0.5, 0.6) is 0 Å². The molecule has 0 fully saturated rings. The first-order valence-corrected chi connectivity index (χ1v) is 7.82. The second kappa shape index (κ2) is 6.69. The summed E-state index contributed by atoms with van der Waals surface area (Å²) >= 11 is 1.39. The topological polar surface area (TPSA) is 81.4 Å². The Morgan fingerprint density at radius 3 is 2.84 bits per heavy atom. The van der Waals surface area contributed by atoms with Gasteiger partial charge >= 0.3 is 0 Å². The van der Waals surface area contributed by atoms with E-state index in [4.69, 9.17) is 10.4 Å². The summed E-state index contributed by atoms with van der Waals surface area (Å²) in [5.41, 5.74) is 0.744. The summed E-state index contributed by atoms with van der Waals surface area (Å²) in [6.07, 6.45) is 0. The molecule has 0 saturated carbocycles. The van der Waals surface area contributed by atoms with E-state index < -0.39 is 15.3 Å². The van der Waals surface area contributed by atoms with Crippen LogP contribution in [0.3, 0.4) is 0 Å². The molecule has 0 saturated heterocycles. The molecule has 0 amide bonds. The molecule has 0 bridgehead atoms. The van der Waals surface area contributed by atoms with Crippen LogP contribution in [0, 0.1) is 23.2 Å². The van der Waals surface area contributed by atoms with E-state index in [9.17, 15) is 8.42 Å². The lowest BCUT2D eigenvalue weighted by atomic mass is 10.3. The SMILES string of the molecule is CC(C#N)S(=O)(=O)N(C)Cc1cc(C#CCO)cs1. The van der Waals surface area contributed by atoms with Crippen LogP contribution in [0.2, 0.25) is 0 Å². The zero-order chi connectivity index (χ0) is 14.5. The van der Waals surface area contributed by atoms with Gasteiger partial charge in [0.25, 0.3) is 0 Å². The maximum atomic E-state index is 11.9. The minimum absolute atomic E-state index is 0.208.